The van der Waals surface area contributed by atoms with Gasteiger partial charge in [-0.3, -0.25) is 0 Å². The molecule has 5 heteroatoms. The van der Waals surface area contributed by atoms with Crippen LogP contribution in [0.3, 0.4) is 0 Å². The standard InChI is InChI=1S/C16H16FNO3/c1-18-8-12-6-15-16(21-10-20-15)7-14(12)19-9-11-2-4-13(17)5-3-11/h2-7,18H,8-10H2,1H3. The van der Waals surface area contributed by atoms with Crippen molar-refractivity contribution in [3.05, 3.63) is 53.3 Å². The zero-order valence-electron chi connectivity index (χ0n) is 11.7. The van der Waals surface area contributed by atoms with Gasteiger partial charge in [-0.1, -0.05) is 12.1 Å². The molecule has 0 aliphatic carbocycles. The lowest BCUT2D eigenvalue weighted by molar-refractivity contribution is 0.173. The first-order valence-corrected chi connectivity index (χ1v) is 6.70. The van der Waals surface area contributed by atoms with Gasteiger partial charge >= 0.3 is 0 Å². The Morgan fingerprint density at radius 2 is 1.86 bits per heavy atom. The molecule has 0 fully saturated rings. The summed E-state index contributed by atoms with van der Waals surface area (Å²) < 4.78 is 29.5. The highest BCUT2D eigenvalue weighted by molar-refractivity contribution is 5.51. The van der Waals surface area contributed by atoms with Gasteiger partial charge in [0, 0.05) is 18.2 Å². The van der Waals surface area contributed by atoms with Gasteiger partial charge in [0.15, 0.2) is 11.5 Å². The summed E-state index contributed by atoms with van der Waals surface area (Å²) in [6, 6.07) is 10.0. The second-order valence-electron chi connectivity index (χ2n) is 4.76. The van der Waals surface area contributed by atoms with Gasteiger partial charge in [-0.05, 0) is 30.8 Å². The van der Waals surface area contributed by atoms with Crippen molar-refractivity contribution in [2.45, 2.75) is 13.2 Å². The minimum atomic E-state index is -0.252. The molecule has 0 radical (unpaired) electrons. The molecule has 1 N–H and O–H groups in total. The van der Waals surface area contributed by atoms with Crippen molar-refractivity contribution < 1.29 is 18.6 Å². The van der Waals surface area contributed by atoms with E-state index in [1.54, 1.807) is 12.1 Å². The van der Waals surface area contributed by atoms with Crippen LogP contribution in [0, 0.1) is 5.82 Å². The fraction of sp³-hybridized carbons (Fsp3) is 0.250. The van der Waals surface area contributed by atoms with E-state index in [0.717, 1.165) is 22.6 Å². The van der Waals surface area contributed by atoms with Crippen LogP contribution in [0.15, 0.2) is 36.4 Å². The van der Waals surface area contributed by atoms with E-state index in [1.165, 1.54) is 12.1 Å². The average Bonchev–Trinajstić information content (AvgIpc) is 2.94. The average molecular weight is 289 g/mol. The molecule has 1 heterocycles. The lowest BCUT2D eigenvalue weighted by Gasteiger charge is -2.12. The van der Waals surface area contributed by atoms with E-state index in [4.69, 9.17) is 14.2 Å². The maximum Gasteiger partial charge on any atom is 0.231 e. The third-order valence-electron chi connectivity index (χ3n) is 3.23. The smallest absolute Gasteiger partial charge is 0.231 e. The van der Waals surface area contributed by atoms with Crippen LogP contribution in [-0.2, 0) is 13.2 Å². The Kier molecular flexibility index (Phi) is 3.92. The lowest BCUT2D eigenvalue weighted by Crippen LogP contribution is -2.07. The highest BCUT2D eigenvalue weighted by Crippen LogP contribution is 2.38. The molecule has 2 aromatic rings. The van der Waals surface area contributed by atoms with Gasteiger partial charge in [0.05, 0.1) is 0 Å². The SMILES string of the molecule is CNCc1cc2c(cc1OCc1ccc(F)cc1)OCO2. The van der Waals surface area contributed by atoms with Crippen LogP contribution in [0.2, 0.25) is 0 Å². The normalized spacial score (nSPS) is 12.5. The van der Waals surface area contributed by atoms with E-state index in [-0.39, 0.29) is 12.6 Å². The van der Waals surface area contributed by atoms with Crippen molar-refractivity contribution >= 4 is 0 Å². The van der Waals surface area contributed by atoms with Crippen LogP contribution in [0.25, 0.3) is 0 Å². The molecule has 0 saturated carbocycles. The quantitative estimate of drug-likeness (QED) is 0.919. The topological polar surface area (TPSA) is 39.7 Å². The summed E-state index contributed by atoms with van der Waals surface area (Å²) in [5.74, 6) is 1.90. The van der Waals surface area contributed by atoms with E-state index < -0.39 is 0 Å². The zero-order chi connectivity index (χ0) is 14.7. The largest absolute Gasteiger partial charge is 0.488 e. The van der Waals surface area contributed by atoms with E-state index >= 15 is 0 Å². The monoisotopic (exact) mass is 289 g/mol. The summed E-state index contributed by atoms with van der Waals surface area (Å²) >= 11 is 0. The molecule has 0 amide bonds. The number of rotatable bonds is 5. The lowest BCUT2D eigenvalue weighted by atomic mass is 10.1. The van der Waals surface area contributed by atoms with Crippen molar-refractivity contribution in [1.82, 2.24) is 5.32 Å². The van der Waals surface area contributed by atoms with E-state index in [9.17, 15) is 4.39 Å². The first-order valence-electron chi connectivity index (χ1n) is 6.70. The molecule has 0 atom stereocenters. The second-order valence-corrected chi connectivity index (χ2v) is 4.76. The van der Waals surface area contributed by atoms with E-state index in [0.29, 0.717) is 18.9 Å². The van der Waals surface area contributed by atoms with Gasteiger partial charge in [-0.2, -0.15) is 0 Å². The Labute approximate surface area is 122 Å². The van der Waals surface area contributed by atoms with Gasteiger partial charge in [0.25, 0.3) is 0 Å². The molecule has 1 aliphatic heterocycles. The minimum Gasteiger partial charge on any atom is -0.488 e. The highest BCUT2D eigenvalue weighted by Gasteiger charge is 2.17. The molecular weight excluding hydrogens is 273 g/mol. The van der Waals surface area contributed by atoms with Crippen molar-refractivity contribution in [3.8, 4) is 17.2 Å². The van der Waals surface area contributed by atoms with Gasteiger partial charge < -0.3 is 19.5 Å². The number of halogens is 1. The Balaban J connectivity index is 1.78. The summed E-state index contributed by atoms with van der Waals surface area (Å²) in [7, 11) is 1.87. The maximum absolute atomic E-state index is 12.9. The predicted octanol–water partition coefficient (Wildman–Crippen LogP) is 2.85. The van der Waals surface area contributed by atoms with Crippen LogP contribution >= 0.6 is 0 Å². The second kappa shape index (κ2) is 6.01. The molecule has 4 nitrogen and oxygen atoms in total. The van der Waals surface area contributed by atoms with Crippen LogP contribution in [0.1, 0.15) is 11.1 Å². The summed E-state index contributed by atoms with van der Waals surface area (Å²) in [6.45, 7) is 1.27. The molecule has 0 unspecified atom stereocenters. The van der Waals surface area contributed by atoms with Crippen LogP contribution in [0.4, 0.5) is 4.39 Å². The summed E-state index contributed by atoms with van der Waals surface area (Å²) in [4.78, 5) is 0. The Morgan fingerprint density at radius 3 is 2.57 bits per heavy atom. The van der Waals surface area contributed by atoms with E-state index in [2.05, 4.69) is 5.32 Å². The zero-order valence-corrected chi connectivity index (χ0v) is 11.7. The molecule has 0 bridgehead atoms. The fourth-order valence-corrected chi connectivity index (χ4v) is 2.17. The van der Waals surface area contributed by atoms with Crippen LogP contribution in [0.5, 0.6) is 17.2 Å². The first-order chi connectivity index (χ1) is 10.3. The molecule has 21 heavy (non-hydrogen) atoms. The third kappa shape index (κ3) is 3.08. The van der Waals surface area contributed by atoms with Crippen LogP contribution in [-0.4, -0.2) is 13.8 Å². The molecule has 110 valence electrons. The number of hydrogen-bond acceptors (Lipinski definition) is 4. The molecule has 3 rings (SSSR count). The summed E-state index contributed by atoms with van der Waals surface area (Å²) in [6.07, 6.45) is 0. The van der Waals surface area contributed by atoms with Gasteiger partial charge in [-0.25, -0.2) is 4.39 Å². The third-order valence-corrected chi connectivity index (χ3v) is 3.23. The number of nitrogens with one attached hydrogen (secondary N) is 1. The predicted molar refractivity (Wildman–Crippen MR) is 76.1 cm³/mol. The summed E-state index contributed by atoms with van der Waals surface area (Å²) in [5, 5.41) is 3.10. The maximum atomic E-state index is 12.9. The highest BCUT2D eigenvalue weighted by atomic mass is 19.1. The molecule has 0 aromatic heterocycles. The Bertz CT molecular complexity index is 628. The minimum absolute atomic E-state index is 0.232. The van der Waals surface area contributed by atoms with Crippen molar-refractivity contribution in [3.63, 3.8) is 0 Å². The van der Waals surface area contributed by atoms with E-state index in [1.807, 2.05) is 19.2 Å². The van der Waals surface area contributed by atoms with Crippen molar-refractivity contribution in [2.75, 3.05) is 13.8 Å². The molecule has 1 aliphatic rings. The molecule has 0 saturated heterocycles. The number of ether oxygens (including phenoxy) is 3. The Hall–Kier alpha value is -2.27. The number of benzene rings is 2. The molecule has 0 spiro atoms. The van der Waals surface area contributed by atoms with Crippen molar-refractivity contribution in [1.29, 1.82) is 0 Å². The van der Waals surface area contributed by atoms with Crippen molar-refractivity contribution in [2.24, 2.45) is 0 Å². The first kappa shape index (κ1) is 13.7. The van der Waals surface area contributed by atoms with Gasteiger partial charge in [0.1, 0.15) is 18.2 Å². The van der Waals surface area contributed by atoms with Gasteiger partial charge in [0.2, 0.25) is 6.79 Å². The van der Waals surface area contributed by atoms with Gasteiger partial charge in [-0.15, -0.1) is 0 Å². The fourth-order valence-electron chi connectivity index (χ4n) is 2.17. The van der Waals surface area contributed by atoms with Crippen LogP contribution < -0.4 is 19.5 Å². The molecule has 2 aromatic carbocycles. The molecular formula is C16H16FNO3. The summed E-state index contributed by atoms with van der Waals surface area (Å²) in [5.41, 5.74) is 1.90. The Morgan fingerprint density at radius 1 is 1.14 bits per heavy atom. The number of hydrogen-bond donors (Lipinski definition) is 1. The number of fused-ring (bicyclic) bond motifs is 1.